The molecule has 0 spiro atoms. The van der Waals surface area contributed by atoms with Crippen LogP contribution < -0.4 is 0 Å². The van der Waals surface area contributed by atoms with Gasteiger partial charge < -0.3 is 9.42 Å². The summed E-state index contributed by atoms with van der Waals surface area (Å²) in [5.74, 6) is 0.965. The third-order valence-electron chi connectivity index (χ3n) is 5.68. The van der Waals surface area contributed by atoms with E-state index >= 15 is 0 Å². The van der Waals surface area contributed by atoms with E-state index in [1.165, 1.54) is 12.0 Å². The molecule has 1 saturated heterocycles. The van der Waals surface area contributed by atoms with Crippen molar-refractivity contribution in [3.63, 3.8) is 0 Å². The molecular formula is C19H25N3O2S. The molecule has 0 unspecified atom stereocenters. The fraction of sp³-hybridized carbons (Fsp3) is 0.579. The molecule has 0 radical (unpaired) electrons. The highest BCUT2D eigenvalue weighted by Gasteiger charge is 2.29. The number of fused-ring (bicyclic) bond motifs is 1. The monoisotopic (exact) mass is 359 g/mol. The number of hydrogen-bond acceptors (Lipinski definition) is 5. The molecule has 0 aliphatic carbocycles. The fourth-order valence-corrected chi connectivity index (χ4v) is 4.97. The first-order valence-corrected chi connectivity index (χ1v) is 9.98. The number of piperidine rings is 1. The lowest BCUT2D eigenvalue weighted by atomic mass is 9.99. The SMILES string of the molecule is Cc1noc(C)c1CC(=O)N1CCC(N2CCc3sccc3C2)CC1. The van der Waals surface area contributed by atoms with Gasteiger partial charge >= 0.3 is 0 Å². The minimum Gasteiger partial charge on any atom is -0.361 e. The summed E-state index contributed by atoms with van der Waals surface area (Å²) in [6.07, 6.45) is 3.74. The molecule has 4 rings (SSSR count). The van der Waals surface area contributed by atoms with Gasteiger partial charge in [0.2, 0.25) is 5.91 Å². The molecular weight excluding hydrogens is 334 g/mol. The third kappa shape index (κ3) is 3.37. The molecule has 6 heteroatoms. The fourth-order valence-electron chi connectivity index (χ4n) is 4.08. The van der Waals surface area contributed by atoms with Gasteiger partial charge in [-0.2, -0.15) is 0 Å². The Kier molecular flexibility index (Phi) is 4.65. The zero-order chi connectivity index (χ0) is 17.4. The van der Waals surface area contributed by atoms with Gasteiger partial charge in [0.25, 0.3) is 0 Å². The van der Waals surface area contributed by atoms with E-state index in [0.29, 0.717) is 12.5 Å². The maximum atomic E-state index is 12.6. The van der Waals surface area contributed by atoms with Crippen molar-refractivity contribution >= 4 is 17.2 Å². The highest BCUT2D eigenvalue weighted by molar-refractivity contribution is 7.10. The Morgan fingerprint density at radius 1 is 1.32 bits per heavy atom. The van der Waals surface area contributed by atoms with E-state index in [1.54, 1.807) is 4.88 Å². The number of nitrogens with zero attached hydrogens (tertiary/aromatic N) is 3. The van der Waals surface area contributed by atoms with Gasteiger partial charge in [-0.1, -0.05) is 5.16 Å². The van der Waals surface area contributed by atoms with Crippen LogP contribution in [0.3, 0.4) is 0 Å². The zero-order valence-electron chi connectivity index (χ0n) is 15.0. The summed E-state index contributed by atoms with van der Waals surface area (Å²) in [6.45, 7) is 7.74. The molecule has 0 aromatic carbocycles. The lowest BCUT2D eigenvalue weighted by Crippen LogP contribution is -2.48. The average Bonchev–Trinajstić information content (AvgIpc) is 3.22. The van der Waals surface area contributed by atoms with Crippen molar-refractivity contribution in [1.29, 1.82) is 0 Å². The van der Waals surface area contributed by atoms with Crippen LogP contribution in [0, 0.1) is 13.8 Å². The van der Waals surface area contributed by atoms with E-state index in [9.17, 15) is 4.79 Å². The number of carbonyl (C=O) groups is 1. The largest absolute Gasteiger partial charge is 0.361 e. The first kappa shape index (κ1) is 16.8. The maximum Gasteiger partial charge on any atom is 0.227 e. The molecule has 25 heavy (non-hydrogen) atoms. The van der Waals surface area contributed by atoms with Crippen LogP contribution in [-0.4, -0.2) is 46.5 Å². The summed E-state index contributed by atoms with van der Waals surface area (Å²) in [6, 6.07) is 2.88. The number of amides is 1. The van der Waals surface area contributed by atoms with Crippen molar-refractivity contribution in [1.82, 2.24) is 15.0 Å². The van der Waals surface area contributed by atoms with Crippen LogP contribution in [0.1, 0.15) is 40.3 Å². The van der Waals surface area contributed by atoms with Crippen molar-refractivity contribution in [2.45, 2.75) is 52.1 Å². The molecule has 134 valence electrons. The molecule has 1 amide bonds. The van der Waals surface area contributed by atoms with Crippen LogP contribution in [0.5, 0.6) is 0 Å². The molecule has 2 aromatic rings. The lowest BCUT2D eigenvalue weighted by Gasteiger charge is -2.40. The summed E-state index contributed by atoms with van der Waals surface area (Å²) in [5, 5.41) is 6.16. The Morgan fingerprint density at radius 3 is 2.84 bits per heavy atom. The van der Waals surface area contributed by atoms with E-state index in [0.717, 1.165) is 56.0 Å². The summed E-state index contributed by atoms with van der Waals surface area (Å²) < 4.78 is 5.18. The molecule has 2 aromatic heterocycles. The molecule has 2 aliphatic heterocycles. The maximum absolute atomic E-state index is 12.6. The standard InChI is InChI=1S/C19H25N3O2S/c1-13-17(14(2)24-20-13)11-19(23)21-7-3-16(4-8-21)22-9-5-18-15(12-22)6-10-25-18/h6,10,16H,3-5,7-9,11-12H2,1-2H3. The number of thiophene rings is 1. The van der Waals surface area contributed by atoms with Crippen molar-refractivity contribution < 1.29 is 9.32 Å². The highest BCUT2D eigenvalue weighted by atomic mass is 32.1. The number of carbonyl (C=O) groups excluding carboxylic acids is 1. The van der Waals surface area contributed by atoms with Gasteiger partial charge in [-0.3, -0.25) is 9.69 Å². The van der Waals surface area contributed by atoms with Crippen molar-refractivity contribution in [2.24, 2.45) is 0 Å². The Morgan fingerprint density at radius 2 is 2.12 bits per heavy atom. The zero-order valence-corrected chi connectivity index (χ0v) is 15.8. The van der Waals surface area contributed by atoms with E-state index < -0.39 is 0 Å². The molecule has 0 bridgehead atoms. The van der Waals surface area contributed by atoms with Crippen molar-refractivity contribution in [2.75, 3.05) is 19.6 Å². The van der Waals surface area contributed by atoms with E-state index in [-0.39, 0.29) is 5.91 Å². The van der Waals surface area contributed by atoms with Gasteiger partial charge in [-0.05, 0) is 50.1 Å². The Hall–Kier alpha value is -1.66. The molecule has 4 heterocycles. The summed E-state index contributed by atoms with van der Waals surface area (Å²) in [4.78, 5) is 18.8. The minimum atomic E-state index is 0.201. The smallest absolute Gasteiger partial charge is 0.227 e. The van der Waals surface area contributed by atoms with Crippen LogP contribution in [0.15, 0.2) is 16.0 Å². The van der Waals surface area contributed by atoms with Crippen LogP contribution in [-0.2, 0) is 24.2 Å². The second-order valence-corrected chi connectivity index (χ2v) is 8.18. The summed E-state index contributed by atoms with van der Waals surface area (Å²) in [7, 11) is 0. The van der Waals surface area contributed by atoms with E-state index in [2.05, 4.69) is 21.5 Å². The number of likely N-dealkylation sites (tertiary alicyclic amines) is 1. The normalized spacial score (nSPS) is 19.2. The first-order valence-electron chi connectivity index (χ1n) is 9.10. The molecule has 0 saturated carbocycles. The van der Waals surface area contributed by atoms with Crippen molar-refractivity contribution in [3.8, 4) is 0 Å². The van der Waals surface area contributed by atoms with E-state index in [4.69, 9.17) is 4.52 Å². The van der Waals surface area contributed by atoms with Crippen LogP contribution in [0.4, 0.5) is 0 Å². The van der Waals surface area contributed by atoms with Crippen LogP contribution >= 0.6 is 11.3 Å². The molecule has 0 N–H and O–H groups in total. The highest BCUT2D eigenvalue weighted by Crippen LogP contribution is 2.28. The average molecular weight is 359 g/mol. The van der Waals surface area contributed by atoms with Crippen LogP contribution in [0.2, 0.25) is 0 Å². The molecule has 2 aliphatic rings. The topological polar surface area (TPSA) is 49.6 Å². The van der Waals surface area contributed by atoms with Gasteiger partial charge in [0, 0.05) is 42.7 Å². The van der Waals surface area contributed by atoms with Crippen LogP contribution in [0.25, 0.3) is 0 Å². The Labute approximate surface area is 152 Å². The first-order chi connectivity index (χ1) is 12.1. The number of rotatable bonds is 3. The van der Waals surface area contributed by atoms with E-state index in [1.807, 2.05) is 30.1 Å². The summed E-state index contributed by atoms with van der Waals surface area (Å²) in [5.41, 5.74) is 3.29. The van der Waals surface area contributed by atoms with Crippen molar-refractivity contribution in [3.05, 3.63) is 38.9 Å². The third-order valence-corrected chi connectivity index (χ3v) is 6.70. The predicted octanol–water partition coefficient (Wildman–Crippen LogP) is 2.94. The number of hydrogen-bond donors (Lipinski definition) is 0. The van der Waals surface area contributed by atoms with Gasteiger partial charge in [-0.25, -0.2) is 0 Å². The second kappa shape index (κ2) is 6.92. The molecule has 1 fully saturated rings. The quantitative estimate of drug-likeness (QED) is 0.845. The number of aromatic nitrogens is 1. The minimum absolute atomic E-state index is 0.201. The van der Waals surface area contributed by atoms with Gasteiger partial charge in [0.15, 0.2) is 0 Å². The molecule has 5 nitrogen and oxygen atoms in total. The molecule has 0 atom stereocenters. The number of aryl methyl sites for hydroxylation is 2. The Balaban J connectivity index is 1.32. The Bertz CT molecular complexity index is 739. The van der Waals surface area contributed by atoms with Gasteiger partial charge in [0.05, 0.1) is 12.1 Å². The lowest BCUT2D eigenvalue weighted by molar-refractivity contribution is -0.132. The summed E-state index contributed by atoms with van der Waals surface area (Å²) >= 11 is 1.89. The second-order valence-electron chi connectivity index (χ2n) is 7.18. The predicted molar refractivity (Wildman–Crippen MR) is 97.7 cm³/mol. The van der Waals surface area contributed by atoms with Gasteiger partial charge in [0.1, 0.15) is 5.76 Å². The van der Waals surface area contributed by atoms with Gasteiger partial charge in [-0.15, -0.1) is 11.3 Å².